The molecule has 0 unspecified atom stereocenters. The summed E-state index contributed by atoms with van der Waals surface area (Å²) in [5.74, 6) is -2.41. The summed E-state index contributed by atoms with van der Waals surface area (Å²) < 4.78 is 10.3. The average Bonchev–Trinajstić information content (AvgIpc) is 2.53. The molecule has 1 amide bonds. The third kappa shape index (κ3) is 3.49. The van der Waals surface area contributed by atoms with Gasteiger partial charge in [0.05, 0.1) is 17.2 Å². The van der Waals surface area contributed by atoms with Crippen molar-refractivity contribution in [2.75, 3.05) is 0 Å². The molecule has 0 aromatic heterocycles. The van der Waals surface area contributed by atoms with E-state index in [1.807, 2.05) is 13.8 Å². The van der Waals surface area contributed by atoms with E-state index in [4.69, 9.17) is 9.47 Å². The highest BCUT2D eigenvalue weighted by Crippen LogP contribution is 2.51. The van der Waals surface area contributed by atoms with Gasteiger partial charge < -0.3 is 14.4 Å². The van der Waals surface area contributed by atoms with Gasteiger partial charge in [-0.2, -0.15) is 0 Å². The number of rotatable bonds is 3. The van der Waals surface area contributed by atoms with E-state index in [0.29, 0.717) is 6.42 Å². The zero-order valence-corrected chi connectivity index (χ0v) is 15.6. The number of carbonyl (C=O) groups excluding carboxylic acids is 3. The Morgan fingerprint density at radius 1 is 1.17 bits per heavy atom. The maximum Gasteiger partial charge on any atom is 0.333 e. The summed E-state index contributed by atoms with van der Waals surface area (Å²) in [6, 6.07) is -0.661. The van der Waals surface area contributed by atoms with Crippen molar-refractivity contribution in [3.8, 4) is 0 Å². The Bertz CT molecular complexity index is 549. The van der Waals surface area contributed by atoms with Gasteiger partial charge in [-0.3, -0.25) is 9.59 Å². The van der Waals surface area contributed by atoms with Gasteiger partial charge in [-0.1, -0.05) is 0 Å². The van der Waals surface area contributed by atoms with E-state index in [1.54, 1.807) is 37.4 Å². The van der Waals surface area contributed by atoms with Crippen molar-refractivity contribution in [1.29, 1.82) is 0 Å². The maximum absolute atomic E-state index is 12.6. The summed E-state index contributed by atoms with van der Waals surface area (Å²) in [5.41, 5.74) is -0.690. The van der Waals surface area contributed by atoms with E-state index in [-0.39, 0.29) is 11.3 Å². The van der Waals surface area contributed by atoms with Crippen LogP contribution in [-0.4, -0.2) is 44.7 Å². The predicted octanol–water partition coefficient (Wildman–Crippen LogP) is 2.31. The second kappa shape index (κ2) is 5.40. The van der Waals surface area contributed by atoms with Crippen molar-refractivity contribution < 1.29 is 23.9 Å². The molecule has 2 aliphatic heterocycles. The number of β-lactam (4-membered cyclic amide) rings is 1. The SMILES string of the molecule is CC(C)(OC(=O)[C@@H]1N2C(=O)C[C@H]2SC1(C)C)OC(=O)C(C)(C)C. The number of nitrogens with zero attached hydrogens (tertiary/aromatic N) is 1. The van der Waals surface area contributed by atoms with Gasteiger partial charge in [-0.05, 0) is 34.6 Å². The zero-order chi connectivity index (χ0) is 17.8. The number of fused-ring (bicyclic) bond motifs is 1. The Morgan fingerprint density at radius 3 is 2.22 bits per heavy atom. The number of amides is 1. The van der Waals surface area contributed by atoms with Gasteiger partial charge in [0.2, 0.25) is 5.91 Å². The molecule has 130 valence electrons. The number of hydrogen-bond acceptors (Lipinski definition) is 6. The largest absolute Gasteiger partial charge is 0.423 e. The van der Waals surface area contributed by atoms with Gasteiger partial charge >= 0.3 is 11.9 Å². The normalized spacial score (nSPS) is 26.4. The Balaban J connectivity index is 2.08. The lowest BCUT2D eigenvalue weighted by molar-refractivity contribution is -0.226. The quantitative estimate of drug-likeness (QED) is 0.445. The monoisotopic (exact) mass is 343 g/mol. The topological polar surface area (TPSA) is 72.9 Å². The summed E-state index contributed by atoms with van der Waals surface area (Å²) in [4.78, 5) is 38.0. The lowest BCUT2D eigenvalue weighted by Crippen LogP contribution is -2.58. The van der Waals surface area contributed by atoms with Gasteiger partial charge in [0.1, 0.15) is 6.04 Å². The minimum absolute atomic E-state index is 0.0373. The lowest BCUT2D eigenvalue weighted by Gasteiger charge is -2.38. The molecule has 2 saturated heterocycles. The molecule has 2 heterocycles. The van der Waals surface area contributed by atoms with Gasteiger partial charge in [0, 0.05) is 18.6 Å². The van der Waals surface area contributed by atoms with E-state index in [9.17, 15) is 14.4 Å². The smallest absolute Gasteiger partial charge is 0.333 e. The Kier molecular flexibility index (Phi) is 4.25. The van der Waals surface area contributed by atoms with Crippen LogP contribution in [0.15, 0.2) is 0 Å². The number of esters is 2. The Morgan fingerprint density at radius 2 is 1.74 bits per heavy atom. The maximum atomic E-state index is 12.6. The summed E-state index contributed by atoms with van der Waals surface area (Å²) in [7, 11) is 0. The first kappa shape index (κ1) is 18.1. The molecule has 2 atom stereocenters. The van der Waals surface area contributed by atoms with Crippen LogP contribution >= 0.6 is 11.8 Å². The van der Waals surface area contributed by atoms with Crippen LogP contribution in [0.5, 0.6) is 0 Å². The second-order valence-corrected chi connectivity index (χ2v) is 9.88. The van der Waals surface area contributed by atoms with Crippen molar-refractivity contribution in [2.24, 2.45) is 5.41 Å². The molecule has 0 spiro atoms. The van der Waals surface area contributed by atoms with Crippen molar-refractivity contribution in [3.05, 3.63) is 0 Å². The zero-order valence-electron chi connectivity index (χ0n) is 14.8. The first-order valence-corrected chi connectivity index (χ1v) is 8.58. The molecular weight excluding hydrogens is 318 g/mol. The fourth-order valence-electron chi connectivity index (χ4n) is 2.65. The van der Waals surface area contributed by atoms with Crippen LogP contribution in [0.1, 0.15) is 54.9 Å². The van der Waals surface area contributed by atoms with Crippen LogP contribution < -0.4 is 0 Å². The van der Waals surface area contributed by atoms with E-state index in [0.717, 1.165) is 0 Å². The standard InChI is InChI=1S/C16H25NO5S/c1-14(2,3)13(20)22-16(6,7)21-12(19)11-15(4,5)23-10-8-9(18)17(10)11/h10-11H,8H2,1-7H3/t10-,11+/m1/s1. The first-order valence-electron chi connectivity index (χ1n) is 7.70. The van der Waals surface area contributed by atoms with Gasteiger partial charge in [0.25, 0.3) is 5.79 Å². The van der Waals surface area contributed by atoms with E-state index in [1.165, 1.54) is 13.8 Å². The Labute approximate surface area is 141 Å². The highest BCUT2D eigenvalue weighted by Gasteiger charge is 2.59. The molecule has 2 rings (SSSR count). The van der Waals surface area contributed by atoms with Gasteiger partial charge in [-0.25, -0.2) is 4.79 Å². The molecule has 6 nitrogen and oxygen atoms in total. The van der Waals surface area contributed by atoms with E-state index < -0.39 is 33.9 Å². The third-order valence-corrected chi connectivity index (χ3v) is 5.34. The van der Waals surface area contributed by atoms with E-state index >= 15 is 0 Å². The Hall–Kier alpha value is -1.24. The summed E-state index contributed by atoms with van der Waals surface area (Å²) >= 11 is 1.60. The van der Waals surface area contributed by atoms with Crippen LogP contribution in [0.4, 0.5) is 0 Å². The number of carbonyl (C=O) groups is 3. The minimum atomic E-state index is -1.38. The number of hydrogen-bond donors (Lipinski definition) is 0. The van der Waals surface area contributed by atoms with Crippen LogP contribution in [0.25, 0.3) is 0 Å². The summed E-state index contributed by atoms with van der Waals surface area (Å²) in [5, 5.41) is 0.0373. The molecule has 0 N–H and O–H groups in total. The molecule has 2 aliphatic rings. The van der Waals surface area contributed by atoms with Crippen LogP contribution in [0.2, 0.25) is 0 Å². The molecule has 7 heteroatoms. The lowest BCUT2D eigenvalue weighted by atomic mass is 9.97. The van der Waals surface area contributed by atoms with Gasteiger partial charge in [-0.15, -0.1) is 11.8 Å². The first-order chi connectivity index (χ1) is 10.2. The summed E-state index contributed by atoms with van der Waals surface area (Å²) in [6.45, 7) is 12.1. The van der Waals surface area contributed by atoms with Crippen molar-refractivity contribution in [3.63, 3.8) is 0 Å². The molecule has 0 aliphatic carbocycles. The molecule has 0 radical (unpaired) electrons. The van der Waals surface area contributed by atoms with Crippen molar-refractivity contribution in [1.82, 2.24) is 4.90 Å². The van der Waals surface area contributed by atoms with Crippen LogP contribution in [-0.2, 0) is 23.9 Å². The average molecular weight is 343 g/mol. The fraction of sp³-hybridized carbons (Fsp3) is 0.812. The molecule has 0 bridgehead atoms. The van der Waals surface area contributed by atoms with Gasteiger partial charge in [0.15, 0.2) is 0 Å². The molecule has 2 fully saturated rings. The summed E-state index contributed by atoms with van der Waals surface area (Å²) in [6.07, 6.45) is 0.459. The molecular formula is C16H25NO5S. The molecule has 0 aromatic rings. The second-order valence-electron chi connectivity index (χ2n) is 8.04. The predicted molar refractivity (Wildman–Crippen MR) is 86.4 cm³/mol. The fourth-order valence-corrected chi connectivity index (χ4v) is 4.27. The number of thioether (sulfide) groups is 1. The van der Waals surface area contributed by atoms with Crippen molar-refractivity contribution in [2.45, 2.75) is 76.8 Å². The molecule has 0 aromatic carbocycles. The minimum Gasteiger partial charge on any atom is -0.423 e. The van der Waals surface area contributed by atoms with Crippen molar-refractivity contribution >= 4 is 29.6 Å². The van der Waals surface area contributed by atoms with E-state index in [2.05, 4.69) is 0 Å². The number of ether oxygens (including phenoxy) is 2. The van der Waals surface area contributed by atoms with Crippen LogP contribution in [0.3, 0.4) is 0 Å². The highest BCUT2D eigenvalue weighted by molar-refractivity contribution is 8.01. The third-order valence-electron chi connectivity index (χ3n) is 3.84. The molecule has 0 saturated carbocycles. The van der Waals surface area contributed by atoms with Crippen LogP contribution in [0, 0.1) is 5.41 Å². The molecule has 23 heavy (non-hydrogen) atoms. The highest BCUT2D eigenvalue weighted by atomic mass is 32.2.